The van der Waals surface area contributed by atoms with Crippen LogP contribution in [-0.4, -0.2) is 59.9 Å². The van der Waals surface area contributed by atoms with Crippen molar-refractivity contribution in [1.82, 2.24) is 20.1 Å². The first-order valence-electron chi connectivity index (χ1n) is 14.2. The monoisotopic (exact) mass is 555 g/mol. The van der Waals surface area contributed by atoms with Crippen molar-refractivity contribution in [3.05, 3.63) is 102 Å². The van der Waals surface area contributed by atoms with Crippen molar-refractivity contribution < 1.29 is 14.0 Å². The summed E-state index contributed by atoms with van der Waals surface area (Å²) >= 11 is 0. The van der Waals surface area contributed by atoms with E-state index in [-0.39, 0.29) is 29.6 Å². The van der Waals surface area contributed by atoms with Gasteiger partial charge in [0.15, 0.2) is 0 Å². The highest BCUT2D eigenvalue weighted by atomic mass is 19.1. The maximum absolute atomic E-state index is 13.8. The molecule has 4 aromatic rings. The summed E-state index contributed by atoms with van der Waals surface area (Å²) in [6.07, 6.45) is 3.40. The summed E-state index contributed by atoms with van der Waals surface area (Å²) in [5, 5.41) is 7.14. The van der Waals surface area contributed by atoms with E-state index in [0.29, 0.717) is 18.8 Å². The second-order valence-electron chi connectivity index (χ2n) is 11.2. The molecule has 0 bridgehead atoms. The van der Waals surface area contributed by atoms with E-state index in [1.807, 2.05) is 81.8 Å². The lowest BCUT2D eigenvalue weighted by molar-refractivity contribution is -0.118. The Labute approximate surface area is 240 Å². The van der Waals surface area contributed by atoms with E-state index in [9.17, 15) is 14.0 Å². The van der Waals surface area contributed by atoms with Gasteiger partial charge in [0.2, 0.25) is 5.91 Å². The van der Waals surface area contributed by atoms with Gasteiger partial charge >= 0.3 is 6.03 Å². The van der Waals surface area contributed by atoms with Gasteiger partial charge < -0.3 is 25.4 Å². The van der Waals surface area contributed by atoms with Gasteiger partial charge in [0, 0.05) is 48.3 Å². The fraction of sp³-hybridized carbons (Fsp3) is 0.333. The normalized spacial score (nSPS) is 15.6. The summed E-state index contributed by atoms with van der Waals surface area (Å²) in [5.74, 6) is -0.610. The van der Waals surface area contributed by atoms with Crippen LogP contribution in [0, 0.1) is 5.82 Å². The molecule has 0 aliphatic carbocycles. The number of para-hydroxylation sites is 1. The molecule has 1 saturated heterocycles. The number of carbonyl (C=O) groups is 2. The number of amides is 3. The lowest BCUT2D eigenvalue weighted by Crippen LogP contribution is -2.53. The zero-order valence-electron chi connectivity index (χ0n) is 23.9. The third-order valence-electron chi connectivity index (χ3n) is 7.97. The van der Waals surface area contributed by atoms with E-state index >= 15 is 0 Å². The molecule has 0 radical (unpaired) electrons. The Hall–Kier alpha value is -4.17. The van der Waals surface area contributed by atoms with Gasteiger partial charge in [-0.3, -0.25) is 4.79 Å². The van der Waals surface area contributed by atoms with E-state index in [0.717, 1.165) is 47.0 Å². The van der Waals surface area contributed by atoms with E-state index in [4.69, 9.17) is 0 Å². The van der Waals surface area contributed by atoms with E-state index < -0.39 is 6.04 Å². The van der Waals surface area contributed by atoms with Crippen LogP contribution in [-0.2, 0) is 11.3 Å². The van der Waals surface area contributed by atoms with Crippen LogP contribution >= 0.6 is 0 Å². The van der Waals surface area contributed by atoms with Gasteiger partial charge in [-0.1, -0.05) is 49.4 Å². The van der Waals surface area contributed by atoms with E-state index in [2.05, 4.69) is 20.5 Å². The molecule has 2 heterocycles. The number of rotatable bonds is 8. The SMILES string of the molecule is C[C@@H](c1c[nH]c2ccccc12)[C@@H](NC(=O)N1CCC(c2cccc(F)c2)CC1)C(=O)Nc1cccc(CN(C)C)c1. The van der Waals surface area contributed by atoms with Crippen LogP contribution in [0.2, 0.25) is 0 Å². The molecule has 7 nitrogen and oxygen atoms in total. The van der Waals surface area contributed by atoms with Gasteiger partial charge in [0.05, 0.1) is 0 Å². The van der Waals surface area contributed by atoms with Crippen LogP contribution in [0.5, 0.6) is 0 Å². The number of hydrogen-bond acceptors (Lipinski definition) is 3. The van der Waals surface area contributed by atoms with Crippen LogP contribution in [0.1, 0.15) is 48.3 Å². The summed E-state index contributed by atoms with van der Waals surface area (Å²) in [6.45, 7) is 3.80. The molecule has 0 unspecified atom stereocenters. The molecule has 1 aliphatic rings. The van der Waals surface area contributed by atoms with Crippen molar-refractivity contribution in [2.45, 2.75) is 44.2 Å². The molecule has 1 aromatic heterocycles. The highest BCUT2D eigenvalue weighted by Crippen LogP contribution is 2.30. The van der Waals surface area contributed by atoms with Gasteiger partial charge in [-0.2, -0.15) is 0 Å². The van der Waals surface area contributed by atoms with Crippen LogP contribution in [0.4, 0.5) is 14.9 Å². The number of H-pyrrole nitrogens is 1. The lowest BCUT2D eigenvalue weighted by atomic mass is 9.89. The molecule has 0 spiro atoms. The molecule has 1 fully saturated rings. The fourth-order valence-corrected chi connectivity index (χ4v) is 5.80. The van der Waals surface area contributed by atoms with Crippen molar-refractivity contribution in [3.63, 3.8) is 0 Å². The number of aromatic amines is 1. The molecule has 214 valence electrons. The number of nitrogens with one attached hydrogen (secondary N) is 3. The van der Waals surface area contributed by atoms with Crippen LogP contribution in [0.25, 0.3) is 10.9 Å². The number of fused-ring (bicyclic) bond motifs is 1. The number of hydrogen-bond donors (Lipinski definition) is 3. The van der Waals surface area contributed by atoms with Crippen molar-refractivity contribution >= 4 is 28.5 Å². The van der Waals surface area contributed by atoms with Crippen molar-refractivity contribution in [3.8, 4) is 0 Å². The Balaban J connectivity index is 1.33. The highest BCUT2D eigenvalue weighted by Gasteiger charge is 2.32. The standard InChI is InChI=1S/C33H38FN5O2/c1-22(29-20-35-30-13-5-4-12-28(29)30)31(32(40)36-27-11-6-8-23(18-27)21-38(2)3)37-33(41)39-16-14-24(15-17-39)25-9-7-10-26(34)19-25/h4-13,18-20,22,24,31,35H,14-17,21H2,1-3H3,(H,36,40)(H,37,41)/t22-,31+/m0/s1. The minimum atomic E-state index is -0.805. The first kappa shape index (κ1) is 28.4. The van der Waals surface area contributed by atoms with Crippen molar-refractivity contribution in [2.24, 2.45) is 0 Å². The average molecular weight is 556 g/mol. The number of piperidine rings is 1. The Morgan fingerprint density at radius 2 is 1.78 bits per heavy atom. The third-order valence-corrected chi connectivity index (χ3v) is 7.97. The average Bonchev–Trinajstić information content (AvgIpc) is 3.39. The number of likely N-dealkylation sites (tertiary alicyclic amines) is 1. The van der Waals surface area contributed by atoms with Crippen LogP contribution in [0.3, 0.4) is 0 Å². The number of nitrogens with zero attached hydrogens (tertiary/aromatic N) is 2. The first-order valence-corrected chi connectivity index (χ1v) is 14.2. The maximum Gasteiger partial charge on any atom is 0.318 e. The summed E-state index contributed by atoms with van der Waals surface area (Å²) < 4.78 is 13.8. The van der Waals surface area contributed by atoms with Gasteiger partial charge in [-0.25, -0.2) is 9.18 Å². The lowest BCUT2D eigenvalue weighted by Gasteiger charge is -2.34. The minimum Gasteiger partial charge on any atom is -0.361 e. The summed E-state index contributed by atoms with van der Waals surface area (Å²) in [5.41, 5.74) is 4.68. The predicted octanol–water partition coefficient (Wildman–Crippen LogP) is 6.07. The summed E-state index contributed by atoms with van der Waals surface area (Å²) in [7, 11) is 4.00. The molecule has 41 heavy (non-hydrogen) atoms. The zero-order valence-corrected chi connectivity index (χ0v) is 23.9. The van der Waals surface area contributed by atoms with Crippen LogP contribution < -0.4 is 10.6 Å². The quantitative estimate of drug-likeness (QED) is 0.247. The highest BCUT2D eigenvalue weighted by molar-refractivity contribution is 5.98. The Morgan fingerprint density at radius 1 is 1.02 bits per heavy atom. The molecule has 8 heteroatoms. The molecule has 2 atom stereocenters. The Bertz CT molecular complexity index is 1510. The second-order valence-corrected chi connectivity index (χ2v) is 11.2. The van der Waals surface area contributed by atoms with Gasteiger partial charge in [0.1, 0.15) is 11.9 Å². The topological polar surface area (TPSA) is 80.5 Å². The second kappa shape index (κ2) is 12.6. The van der Waals surface area contributed by atoms with Gasteiger partial charge in [-0.05, 0) is 79.9 Å². The number of benzene rings is 3. The van der Waals surface area contributed by atoms with E-state index in [1.165, 1.54) is 6.07 Å². The summed E-state index contributed by atoms with van der Waals surface area (Å²) in [4.78, 5) is 34.5. The Kier molecular flexibility index (Phi) is 8.69. The van der Waals surface area contributed by atoms with Crippen molar-refractivity contribution in [1.29, 1.82) is 0 Å². The van der Waals surface area contributed by atoms with Gasteiger partial charge in [-0.15, -0.1) is 0 Å². The minimum absolute atomic E-state index is 0.202. The molecule has 3 amide bonds. The first-order chi connectivity index (χ1) is 19.8. The van der Waals surface area contributed by atoms with Crippen molar-refractivity contribution in [2.75, 3.05) is 32.5 Å². The Morgan fingerprint density at radius 3 is 2.54 bits per heavy atom. The van der Waals surface area contributed by atoms with E-state index in [1.54, 1.807) is 17.0 Å². The largest absolute Gasteiger partial charge is 0.361 e. The maximum atomic E-state index is 13.8. The molecule has 0 saturated carbocycles. The number of anilines is 1. The molecule has 3 N–H and O–H groups in total. The number of urea groups is 1. The molecular weight excluding hydrogens is 517 g/mol. The fourth-order valence-electron chi connectivity index (χ4n) is 5.80. The number of halogens is 1. The molecular formula is C33H38FN5O2. The van der Waals surface area contributed by atoms with Crippen LogP contribution in [0.15, 0.2) is 79.0 Å². The third kappa shape index (κ3) is 6.77. The predicted molar refractivity (Wildman–Crippen MR) is 161 cm³/mol. The summed E-state index contributed by atoms with van der Waals surface area (Å²) in [6, 6.07) is 21.4. The molecule has 3 aromatic carbocycles. The number of carbonyl (C=O) groups excluding carboxylic acids is 2. The molecule has 5 rings (SSSR count). The number of aromatic nitrogens is 1. The molecule has 1 aliphatic heterocycles. The van der Waals surface area contributed by atoms with Gasteiger partial charge in [0.25, 0.3) is 0 Å². The smallest absolute Gasteiger partial charge is 0.318 e. The zero-order chi connectivity index (χ0) is 28.9.